The number of nitrogens with zero attached hydrogens (tertiary/aromatic N) is 3. The zero-order chi connectivity index (χ0) is 19.9. The number of halogens is 1. The lowest BCUT2D eigenvalue weighted by molar-refractivity contribution is 0.0767. The van der Waals surface area contributed by atoms with Crippen molar-refractivity contribution in [2.24, 2.45) is 0 Å². The van der Waals surface area contributed by atoms with Gasteiger partial charge in [-0.05, 0) is 19.9 Å². The van der Waals surface area contributed by atoms with Crippen LogP contribution in [-0.2, 0) is 6.54 Å². The Hall–Kier alpha value is -3.28. The Kier molecular flexibility index (Phi) is 6.32. The number of carbonyl (C=O) groups is 1. The van der Waals surface area contributed by atoms with Gasteiger partial charge in [0.15, 0.2) is 5.82 Å². The Bertz CT molecular complexity index is 942. The van der Waals surface area contributed by atoms with E-state index in [-0.39, 0.29) is 18.3 Å². The minimum atomic E-state index is -0.285. The van der Waals surface area contributed by atoms with Gasteiger partial charge in [-0.15, -0.1) is 0 Å². The number of amides is 1. The van der Waals surface area contributed by atoms with Gasteiger partial charge in [-0.2, -0.15) is 0 Å². The van der Waals surface area contributed by atoms with Crippen LogP contribution in [0.5, 0.6) is 0 Å². The van der Waals surface area contributed by atoms with Crippen LogP contribution in [0.4, 0.5) is 10.2 Å². The second-order valence-electron chi connectivity index (χ2n) is 6.25. The summed E-state index contributed by atoms with van der Waals surface area (Å²) >= 11 is 0. The van der Waals surface area contributed by atoms with E-state index in [1.807, 2.05) is 44.2 Å². The van der Waals surface area contributed by atoms with Crippen molar-refractivity contribution in [3.8, 4) is 11.4 Å². The van der Waals surface area contributed by atoms with Gasteiger partial charge in [0.25, 0.3) is 5.91 Å². The third-order valence-corrected chi connectivity index (χ3v) is 4.45. The van der Waals surface area contributed by atoms with E-state index in [1.165, 1.54) is 6.07 Å². The van der Waals surface area contributed by atoms with Crippen LogP contribution in [-0.4, -0.2) is 33.9 Å². The highest BCUT2D eigenvalue weighted by molar-refractivity contribution is 5.93. The van der Waals surface area contributed by atoms with Crippen molar-refractivity contribution in [2.75, 3.05) is 18.4 Å². The first kappa shape index (κ1) is 19.5. The first-order valence-electron chi connectivity index (χ1n) is 9.33. The highest BCUT2D eigenvalue weighted by Crippen LogP contribution is 2.19. The van der Waals surface area contributed by atoms with E-state index in [2.05, 4.69) is 15.3 Å². The first-order chi connectivity index (χ1) is 13.6. The van der Waals surface area contributed by atoms with Gasteiger partial charge in [-0.1, -0.05) is 48.5 Å². The van der Waals surface area contributed by atoms with E-state index in [1.54, 1.807) is 29.2 Å². The summed E-state index contributed by atoms with van der Waals surface area (Å²) in [6.45, 7) is 5.31. The molecule has 6 heteroatoms. The van der Waals surface area contributed by atoms with Crippen molar-refractivity contribution in [3.63, 3.8) is 0 Å². The number of anilines is 1. The number of carbonyl (C=O) groups excluding carboxylic acids is 1. The SMILES string of the molecule is CCN(CC)C(=O)c1cc(NCc2ccccc2F)nc(-c2ccccc2)n1. The Morgan fingerprint density at radius 3 is 2.36 bits per heavy atom. The predicted octanol–water partition coefficient (Wildman–Crippen LogP) is 4.38. The summed E-state index contributed by atoms with van der Waals surface area (Å²) in [5, 5.41) is 3.12. The molecule has 0 bridgehead atoms. The summed E-state index contributed by atoms with van der Waals surface area (Å²) in [5.41, 5.74) is 1.65. The smallest absolute Gasteiger partial charge is 0.272 e. The van der Waals surface area contributed by atoms with Crippen molar-refractivity contribution in [3.05, 3.63) is 77.7 Å². The van der Waals surface area contributed by atoms with Crippen LogP contribution in [0.15, 0.2) is 60.7 Å². The molecule has 2 aromatic carbocycles. The Balaban J connectivity index is 1.95. The van der Waals surface area contributed by atoms with Gasteiger partial charge >= 0.3 is 0 Å². The molecular weight excluding hydrogens is 355 g/mol. The van der Waals surface area contributed by atoms with E-state index < -0.39 is 0 Å². The topological polar surface area (TPSA) is 58.1 Å². The van der Waals surface area contributed by atoms with Crippen molar-refractivity contribution in [2.45, 2.75) is 20.4 Å². The molecule has 144 valence electrons. The molecule has 1 aromatic heterocycles. The van der Waals surface area contributed by atoms with Crippen LogP contribution in [0.1, 0.15) is 29.9 Å². The fourth-order valence-corrected chi connectivity index (χ4v) is 2.86. The fraction of sp³-hybridized carbons (Fsp3) is 0.227. The minimum absolute atomic E-state index is 0.154. The molecule has 0 unspecified atom stereocenters. The summed E-state index contributed by atoms with van der Waals surface area (Å²) in [7, 11) is 0. The second kappa shape index (κ2) is 9.08. The Labute approximate surface area is 164 Å². The molecule has 5 nitrogen and oxygen atoms in total. The summed E-state index contributed by atoms with van der Waals surface area (Å²) in [6, 6.07) is 17.7. The number of benzene rings is 2. The monoisotopic (exact) mass is 378 g/mol. The molecule has 1 amide bonds. The molecule has 0 spiro atoms. The van der Waals surface area contributed by atoms with E-state index in [4.69, 9.17) is 0 Å². The molecule has 0 aliphatic heterocycles. The van der Waals surface area contributed by atoms with Gasteiger partial charge in [0.2, 0.25) is 0 Å². The minimum Gasteiger partial charge on any atom is -0.366 e. The molecule has 0 fully saturated rings. The van der Waals surface area contributed by atoms with E-state index in [0.29, 0.717) is 36.0 Å². The highest BCUT2D eigenvalue weighted by Gasteiger charge is 2.17. The van der Waals surface area contributed by atoms with Gasteiger partial charge < -0.3 is 10.2 Å². The van der Waals surface area contributed by atoms with Crippen molar-refractivity contribution >= 4 is 11.7 Å². The molecule has 0 aliphatic rings. The zero-order valence-corrected chi connectivity index (χ0v) is 16.0. The summed E-state index contributed by atoms with van der Waals surface area (Å²) < 4.78 is 13.9. The summed E-state index contributed by atoms with van der Waals surface area (Å²) in [6.07, 6.45) is 0. The molecule has 0 saturated heterocycles. The zero-order valence-electron chi connectivity index (χ0n) is 16.0. The first-order valence-corrected chi connectivity index (χ1v) is 9.33. The van der Waals surface area contributed by atoms with Gasteiger partial charge in [-0.3, -0.25) is 4.79 Å². The van der Waals surface area contributed by atoms with Crippen LogP contribution < -0.4 is 5.32 Å². The molecule has 3 rings (SSSR count). The molecule has 1 heterocycles. The molecule has 0 aliphatic carbocycles. The predicted molar refractivity (Wildman–Crippen MR) is 108 cm³/mol. The van der Waals surface area contributed by atoms with Crippen LogP contribution in [0.3, 0.4) is 0 Å². The molecule has 28 heavy (non-hydrogen) atoms. The van der Waals surface area contributed by atoms with Gasteiger partial charge in [0.1, 0.15) is 17.3 Å². The van der Waals surface area contributed by atoms with Crippen LogP contribution in [0, 0.1) is 5.82 Å². The van der Waals surface area contributed by atoms with E-state index >= 15 is 0 Å². The van der Waals surface area contributed by atoms with Crippen LogP contribution >= 0.6 is 0 Å². The van der Waals surface area contributed by atoms with Crippen LogP contribution in [0.25, 0.3) is 11.4 Å². The lowest BCUT2D eigenvalue weighted by Crippen LogP contribution is -2.31. The third kappa shape index (κ3) is 4.52. The van der Waals surface area contributed by atoms with Crippen molar-refractivity contribution < 1.29 is 9.18 Å². The molecular formula is C22H23FN4O. The molecule has 0 atom stereocenters. The second-order valence-corrected chi connectivity index (χ2v) is 6.25. The average molecular weight is 378 g/mol. The van der Waals surface area contributed by atoms with Crippen LogP contribution in [0.2, 0.25) is 0 Å². The van der Waals surface area contributed by atoms with E-state index in [0.717, 1.165) is 5.56 Å². The van der Waals surface area contributed by atoms with Gasteiger partial charge in [0, 0.05) is 36.8 Å². The lowest BCUT2D eigenvalue weighted by Gasteiger charge is -2.19. The summed E-state index contributed by atoms with van der Waals surface area (Å²) in [4.78, 5) is 23.5. The Morgan fingerprint density at radius 2 is 1.68 bits per heavy atom. The van der Waals surface area contributed by atoms with Crippen molar-refractivity contribution in [1.82, 2.24) is 14.9 Å². The fourth-order valence-electron chi connectivity index (χ4n) is 2.86. The van der Waals surface area contributed by atoms with Gasteiger partial charge in [-0.25, -0.2) is 14.4 Å². The number of rotatable bonds is 7. The third-order valence-electron chi connectivity index (χ3n) is 4.45. The number of hydrogen-bond acceptors (Lipinski definition) is 4. The molecule has 1 N–H and O–H groups in total. The standard InChI is InChI=1S/C22H23FN4O/c1-3-27(4-2)22(28)19-14-20(24-15-17-12-8-9-13-18(17)23)26-21(25-19)16-10-6-5-7-11-16/h5-14H,3-4,15H2,1-2H3,(H,24,25,26). The maximum absolute atomic E-state index is 13.9. The largest absolute Gasteiger partial charge is 0.366 e. The summed E-state index contributed by atoms with van der Waals surface area (Å²) in [5.74, 6) is 0.493. The van der Waals surface area contributed by atoms with Gasteiger partial charge in [0.05, 0.1) is 0 Å². The lowest BCUT2D eigenvalue weighted by atomic mass is 10.2. The molecule has 3 aromatic rings. The molecule has 0 saturated carbocycles. The quantitative estimate of drug-likeness (QED) is 0.663. The normalized spacial score (nSPS) is 10.5. The Morgan fingerprint density at radius 1 is 1.00 bits per heavy atom. The number of hydrogen-bond donors (Lipinski definition) is 1. The maximum Gasteiger partial charge on any atom is 0.272 e. The number of nitrogens with one attached hydrogen (secondary N) is 1. The average Bonchev–Trinajstić information content (AvgIpc) is 2.74. The highest BCUT2D eigenvalue weighted by atomic mass is 19.1. The number of aromatic nitrogens is 2. The van der Waals surface area contributed by atoms with Crippen molar-refractivity contribution in [1.29, 1.82) is 0 Å². The van der Waals surface area contributed by atoms with E-state index in [9.17, 15) is 9.18 Å². The maximum atomic E-state index is 13.9. The molecule has 0 radical (unpaired) electrons.